The van der Waals surface area contributed by atoms with Gasteiger partial charge in [-0.2, -0.15) is 0 Å². The van der Waals surface area contributed by atoms with Crippen LogP contribution in [-0.2, 0) is 4.57 Å². The van der Waals surface area contributed by atoms with E-state index in [1.807, 2.05) is 237 Å². The van der Waals surface area contributed by atoms with E-state index in [0.29, 0.717) is 34.1 Å². The second-order valence-corrected chi connectivity index (χ2v) is 38.6. The second kappa shape index (κ2) is 45.3. The Kier molecular flexibility index (Phi) is 31.2. The SMILES string of the molecule is Nc1ccccc1Nc1ccccc1.O=C(Cl)c1cc(C(=O)Cl)cc(C(=O)Cl)c1.O=C(Nc1ccccc1Nc1ccccc1)c1cc(C(=O)Nc2ccccc2Nc2ccccc2)cc(C(=O)Nc2ccccc2Nc2ccccc2)c1.O=P(Cl)(Cl)Cl.c1ccc(-n2c(-c3cc(-c4nc5ccccc5n4-c4ccccc4)cc(-c4nc5ccccc5n4-c4ccccc4)c3)nc3ccccc32)cc1. The maximum Gasteiger partial charge on any atom is 0.339 e. The molecule has 21 nitrogen and oxygen atoms in total. The number of aromatic nitrogens is 6. The maximum atomic E-state index is 14.0. The number of amides is 3. The van der Waals surface area contributed by atoms with Crippen LogP contribution < -0.4 is 43.0 Å². The molecule has 0 radical (unpaired) electrons. The van der Waals surface area contributed by atoms with Gasteiger partial charge in [0, 0.05) is 89.9 Å². The van der Waals surface area contributed by atoms with Crippen LogP contribution in [0.5, 0.6) is 0 Å². The molecule has 0 unspecified atom stereocenters. The molecule has 0 atom stereocenters. The number of carbonyl (C=O) groups excluding carboxylic acids is 6. The Morgan fingerprint density at radius 3 is 0.698 bits per heavy atom. The van der Waals surface area contributed by atoms with Gasteiger partial charge in [-0.3, -0.25) is 47.0 Å². The van der Waals surface area contributed by atoms with E-state index < -0.39 is 38.6 Å². The highest BCUT2D eigenvalue weighted by atomic mass is 36.0. The Morgan fingerprint density at radius 1 is 0.245 bits per heavy atom. The fourth-order valence-corrected chi connectivity index (χ4v) is 15.5. The molecule has 0 fully saturated rings. The molecule has 3 heterocycles. The minimum absolute atomic E-state index is 0.00725. The van der Waals surface area contributed by atoms with Crippen LogP contribution in [0.1, 0.15) is 62.1 Å². The van der Waals surface area contributed by atoms with Crippen molar-refractivity contribution in [3.05, 3.63) is 470 Å². The van der Waals surface area contributed by atoms with Crippen LogP contribution in [0.15, 0.2) is 437 Å². The lowest BCUT2D eigenvalue weighted by molar-refractivity contribution is 0.102. The van der Waals surface area contributed by atoms with Crippen LogP contribution in [-0.4, -0.2) is 62.1 Å². The third-order valence-electron chi connectivity index (χ3n) is 21.5. The molecule has 0 aliphatic carbocycles. The molecule has 0 saturated carbocycles. The van der Waals surface area contributed by atoms with Crippen molar-refractivity contribution < 1.29 is 33.3 Å². The number of halogens is 6. The van der Waals surface area contributed by atoms with Crippen molar-refractivity contribution in [3.8, 4) is 51.2 Å². The third-order valence-corrected chi connectivity index (χ3v) is 22.1. The monoisotopic (exact) mass is 1960 g/mol. The van der Waals surface area contributed by atoms with Crippen molar-refractivity contribution >= 4 is 209 Å². The first-order valence-corrected chi connectivity index (χ1v) is 48.8. The van der Waals surface area contributed by atoms with Crippen LogP contribution >= 0.6 is 73.7 Å². The Hall–Kier alpha value is -16.5. The van der Waals surface area contributed by atoms with Gasteiger partial charge >= 0.3 is 5.20 Å². The summed E-state index contributed by atoms with van der Waals surface area (Å²) in [6.45, 7) is 0. The van der Waals surface area contributed by atoms with E-state index in [9.17, 15) is 33.3 Å². The zero-order valence-electron chi connectivity index (χ0n) is 73.4. The molecule has 0 bridgehead atoms. The second-order valence-electron chi connectivity index (χ2n) is 31.0. The number of hydrogen-bond acceptors (Lipinski definition) is 15. The van der Waals surface area contributed by atoms with Crippen molar-refractivity contribution in [2.75, 3.05) is 43.0 Å². The van der Waals surface area contributed by atoms with Gasteiger partial charge in [0.15, 0.2) is 0 Å². The minimum atomic E-state index is -3.22. The average molecular weight is 1970 g/mol. The average Bonchev–Trinajstić information content (AvgIpc) is 1.61. The van der Waals surface area contributed by atoms with Crippen LogP contribution in [0.3, 0.4) is 0 Å². The lowest BCUT2D eigenvalue weighted by Crippen LogP contribution is -2.20. The number of nitrogens with one attached hydrogen (secondary N) is 7. The standard InChI is InChI=1S/C45H36N6O3.C45H30N6.C12H12N2.C9H3Cl3O3.Cl3OP/c52-43(49-40-25-13-10-22-37(40)46-34-16-4-1-5-17-34)31-28-32(44(53)50-41-26-14-11-23-38(41)47-35-18-6-2-7-19-35)30-33(29-31)45(54)51-42-27-15-12-24-39(42)48-36-20-8-3-9-21-36;1-4-16-34(17-5-1)49-40-25-13-10-22-37(40)46-43(49)31-28-32(44-47-38-23-11-14-26-41(38)50(44)35-18-6-2-7-19-35)30-33(29-31)45-48-39-24-12-15-27-42(39)51(45)36-20-8-3-9-21-36;13-11-8-4-5-9-12(11)14-10-6-2-1-3-7-10;10-7(13)4-1-5(8(11)14)3-6(2-4)9(12)15;1-5(2,3)4/h1-30,46-48H,(H,49,52)(H,50,53)(H,51,54);1-30H;1-9,14H,13H2;1-3H;. The Labute approximate surface area is 828 Å². The van der Waals surface area contributed by atoms with E-state index in [-0.39, 0.29) is 33.4 Å². The van der Waals surface area contributed by atoms with E-state index >= 15 is 0 Å². The Morgan fingerprint density at radius 2 is 0.446 bits per heavy atom. The molecule has 3 aromatic heterocycles. The summed E-state index contributed by atoms with van der Waals surface area (Å²) in [5.41, 5.74) is 26.9. The van der Waals surface area contributed by atoms with Crippen LogP contribution in [0.25, 0.3) is 84.3 Å². The molecular formula is C111H81Cl6N14O7P. The van der Waals surface area contributed by atoms with Gasteiger partial charge in [-0.1, -0.05) is 212 Å². The quantitative estimate of drug-likeness (QED) is 0.0168. The van der Waals surface area contributed by atoms with Gasteiger partial charge in [-0.15, -0.1) is 0 Å². The molecule has 20 rings (SSSR count). The Balaban J connectivity index is 0.000000150. The van der Waals surface area contributed by atoms with Crippen molar-refractivity contribution in [1.29, 1.82) is 0 Å². The molecular weight excluding hydrogens is 1890 g/mol. The normalized spacial score (nSPS) is 10.7. The predicted molar refractivity (Wildman–Crippen MR) is 568 cm³/mol. The van der Waals surface area contributed by atoms with E-state index in [4.69, 9.17) is 55.5 Å². The van der Waals surface area contributed by atoms with Crippen LogP contribution in [0.2, 0.25) is 0 Å². The van der Waals surface area contributed by atoms with Gasteiger partial charge in [0.25, 0.3) is 33.4 Å². The van der Waals surface area contributed by atoms with Crippen molar-refractivity contribution in [2.45, 2.75) is 0 Å². The Bertz CT molecular complexity index is 7190. The van der Waals surface area contributed by atoms with E-state index in [0.717, 1.165) is 118 Å². The minimum Gasteiger partial charge on any atom is -0.397 e. The first kappa shape index (κ1) is 95.7. The van der Waals surface area contributed by atoms with E-state index in [1.165, 1.54) is 36.4 Å². The zero-order chi connectivity index (χ0) is 96.7. The summed E-state index contributed by atoms with van der Waals surface area (Å²) in [6.07, 6.45) is 0. The number of nitrogens with two attached hydrogens (primary N) is 1. The van der Waals surface area contributed by atoms with Crippen molar-refractivity contribution in [3.63, 3.8) is 0 Å². The topological polar surface area (TPSA) is 283 Å². The maximum absolute atomic E-state index is 14.0. The molecule has 9 N–H and O–H groups in total. The molecule has 28 heteroatoms. The van der Waals surface area contributed by atoms with Gasteiger partial charge in [0.2, 0.25) is 0 Å². The number of anilines is 12. The lowest BCUT2D eigenvalue weighted by atomic mass is 10.0. The van der Waals surface area contributed by atoms with Gasteiger partial charge in [-0.05, 0) is 293 Å². The summed E-state index contributed by atoms with van der Waals surface area (Å²) in [5.74, 6) is 1.02. The fourth-order valence-electron chi connectivity index (χ4n) is 15.2. The molecule has 20 aromatic rings. The highest BCUT2D eigenvalue weighted by Gasteiger charge is 2.26. The van der Waals surface area contributed by atoms with Crippen molar-refractivity contribution in [2.24, 2.45) is 0 Å². The predicted octanol–water partition coefficient (Wildman–Crippen LogP) is 30.0. The number of hydrogen-bond donors (Lipinski definition) is 8. The smallest absolute Gasteiger partial charge is 0.339 e. The number of nitrogens with zero attached hydrogens (tertiary/aromatic N) is 6. The molecule has 0 aliphatic rings. The number of benzene rings is 17. The van der Waals surface area contributed by atoms with Gasteiger partial charge in [0.05, 0.1) is 78.6 Å². The lowest BCUT2D eigenvalue weighted by Gasteiger charge is -2.16. The third kappa shape index (κ3) is 24.8. The summed E-state index contributed by atoms with van der Waals surface area (Å²) in [6, 6.07) is 139. The number of rotatable bonds is 23. The number of nitrogen functional groups attached to an aromatic ring is 1. The van der Waals surface area contributed by atoms with Crippen molar-refractivity contribution in [1.82, 2.24) is 28.7 Å². The molecule has 0 spiro atoms. The van der Waals surface area contributed by atoms with Gasteiger partial charge in [-0.25, -0.2) is 15.0 Å². The summed E-state index contributed by atoms with van der Waals surface area (Å²) in [4.78, 5) is 90.3. The van der Waals surface area contributed by atoms with Crippen LogP contribution in [0.4, 0.5) is 68.2 Å². The van der Waals surface area contributed by atoms with Crippen LogP contribution in [0, 0.1) is 0 Å². The highest BCUT2D eigenvalue weighted by Crippen LogP contribution is 2.61. The first-order valence-electron chi connectivity index (χ1n) is 43.2. The van der Waals surface area contributed by atoms with Gasteiger partial charge < -0.3 is 43.0 Å². The summed E-state index contributed by atoms with van der Waals surface area (Å²) in [5, 5.41) is 16.5. The largest absolute Gasteiger partial charge is 0.397 e. The summed E-state index contributed by atoms with van der Waals surface area (Å²) in [7, 11) is 0. The number of fused-ring (bicyclic) bond motifs is 3. The first-order chi connectivity index (χ1) is 67.6. The molecule has 3 amide bonds. The fraction of sp³-hybridized carbons (Fsp3) is 0. The summed E-state index contributed by atoms with van der Waals surface area (Å²) >= 11 is 29.5. The van der Waals surface area contributed by atoms with E-state index in [2.05, 4.69) is 230 Å². The zero-order valence-corrected chi connectivity index (χ0v) is 78.8. The summed E-state index contributed by atoms with van der Waals surface area (Å²) < 4.78 is 16.3. The van der Waals surface area contributed by atoms with E-state index in [1.54, 1.807) is 18.2 Å². The molecule has 0 aliphatic heterocycles. The van der Waals surface area contributed by atoms with Gasteiger partial charge in [0.1, 0.15) is 17.5 Å². The number of imidazole rings is 3. The number of para-hydroxylation sites is 21. The molecule has 17 aromatic carbocycles. The number of carbonyl (C=O) groups is 6. The molecule has 684 valence electrons. The molecule has 0 saturated heterocycles. The highest BCUT2D eigenvalue weighted by molar-refractivity contribution is 8.24. The molecule has 139 heavy (non-hydrogen) atoms.